The number of nitrogens with one attached hydrogen (secondary N) is 2. The van der Waals surface area contributed by atoms with Gasteiger partial charge in [0.05, 0.1) is 0 Å². The molecule has 0 unspecified atom stereocenters. The summed E-state index contributed by atoms with van der Waals surface area (Å²) in [5.41, 5.74) is 2.82. The van der Waals surface area contributed by atoms with Crippen molar-refractivity contribution in [3.63, 3.8) is 0 Å². The van der Waals surface area contributed by atoms with Crippen LogP contribution in [0.3, 0.4) is 0 Å². The zero-order chi connectivity index (χ0) is 19.3. The lowest BCUT2D eigenvalue weighted by Crippen LogP contribution is -2.38. The van der Waals surface area contributed by atoms with Crippen LogP contribution in [0.25, 0.3) is 0 Å². The molecule has 1 saturated heterocycles. The molecule has 3 rings (SSSR count). The number of rotatable bonds is 4. The zero-order valence-corrected chi connectivity index (χ0v) is 17.2. The van der Waals surface area contributed by atoms with Crippen LogP contribution in [0.2, 0.25) is 0 Å². The van der Waals surface area contributed by atoms with E-state index in [1.165, 1.54) is 24.0 Å². The molecule has 0 amide bonds. The van der Waals surface area contributed by atoms with Gasteiger partial charge in [0.2, 0.25) is 0 Å². The quantitative estimate of drug-likeness (QED) is 0.854. The first-order valence-electron chi connectivity index (χ1n) is 10.8. The summed E-state index contributed by atoms with van der Waals surface area (Å²) in [6, 6.07) is 21.8. The molecule has 0 radical (unpaired) electrons. The van der Waals surface area contributed by atoms with Crippen LogP contribution < -0.4 is 10.6 Å². The Kier molecular flexibility index (Phi) is 9.51. The van der Waals surface area contributed by atoms with Crippen LogP contribution in [-0.4, -0.2) is 62.2 Å². The Morgan fingerprint density at radius 3 is 1.39 bits per heavy atom. The molecule has 152 valence electrons. The maximum atomic E-state index is 3.57. The van der Waals surface area contributed by atoms with E-state index >= 15 is 0 Å². The van der Waals surface area contributed by atoms with E-state index in [0.29, 0.717) is 0 Å². The molecule has 1 aliphatic heterocycles. The van der Waals surface area contributed by atoms with Crippen LogP contribution in [0, 0.1) is 0 Å². The third-order valence-electron chi connectivity index (χ3n) is 5.36. The SMILES string of the molecule is c1ccc(CN2CCCNCCNCCCN(Cc3ccccc3)CC2)cc1. The summed E-state index contributed by atoms with van der Waals surface area (Å²) in [6.07, 6.45) is 2.40. The molecule has 28 heavy (non-hydrogen) atoms. The van der Waals surface area contributed by atoms with Crippen LogP contribution in [0.4, 0.5) is 0 Å². The molecule has 0 spiro atoms. The molecule has 0 aromatic heterocycles. The van der Waals surface area contributed by atoms with Crippen molar-refractivity contribution in [2.75, 3.05) is 52.4 Å². The lowest BCUT2D eigenvalue weighted by atomic mass is 10.2. The summed E-state index contributed by atoms with van der Waals surface area (Å²) < 4.78 is 0. The average Bonchev–Trinajstić information content (AvgIpc) is 2.73. The topological polar surface area (TPSA) is 30.5 Å². The van der Waals surface area contributed by atoms with E-state index in [1.54, 1.807) is 0 Å². The van der Waals surface area contributed by atoms with E-state index in [2.05, 4.69) is 81.1 Å². The summed E-state index contributed by atoms with van der Waals surface area (Å²) in [6.45, 7) is 10.9. The van der Waals surface area contributed by atoms with Crippen molar-refractivity contribution in [3.8, 4) is 0 Å². The number of nitrogens with zero attached hydrogens (tertiary/aromatic N) is 2. The lowest BCUT2D eigenvalue weighted by molar-refractivity contribution is 0.189. The summed E-state index contributed by atoms with van der Waals surface area (Å²) in [5.74, 6) is 0. The maximum absolute atomic E-state index is 3.57. The molecular weight excluding hydrogens is 344 g/mol. The number of hydrogen-bond donors (Lipinski definition) is 2. The number of hydrogen-bond acceptors (Lipinski definition) is 4. The van der Waals surface area contributed by atoms with Crippen molar-refractivity contribution in [2.24, 2.45) is 0 Å². The smallest absolute Gasteiger partial charge is 0.0234 e. The van der Waals surface area contributed by atoms with Gasteiger partial charge in [-0.2, -0.15) is 0 Å². The van der Waals surface area contributed by atoms with Crippen LogP contribution in [0.5, 0.6) is 0 Å². The molecule has 2 aromatic carbocycles. The van der Waals surface area contributed by atoms with E-state index < -0.39 is 0 Å². The molecule has 4 heteroatoms. The standard InChI is InChI=1S/C24H36N4/c1-3-9-23(10-4-1)21-27-17-7-13-25-15-16-26-14-8-18-28(20-19-27)22-24-11-5-2-6-12-24/h1-6,9-12,25-26H,7-8,13-22H2. The normalized spacial score (nSPS) is 19.1. The van der Waals surface area contributed by atoms with Crippen LogP contribution in [0.15, 0.2) is 60.7 Å². The lowest BCUT2D eigenvalue weighted by Gasteiger charge is -2.28. The highest BCUT2D eigenvalue weighted by Gasteiger charge is 2.11. The fraction of sp³-hybridized carbons (Fsp3) is 0.500. The minimum absolute atomic E-state index is 1.04. The molecule has 1 fully saturated rings. The third kappa shape index (κ3) is 8.11. The molecule has 0 bridgehead atoms. The van der Waals surface area contributed by atoms with Crippen molar-refractivity contribution < 1.29 is 0 Å². The summed E-state index contributed by atoms with van der Waals surface area (Å²) in [4.78, 5) is 5.25. The van der Waals surface area contributed by atoms with E-state index in [1.807, 2.05) is 0 Å². The minimum atomic E-state index is 1.04. The predicted molar refractivity (Wildman–Crippen MR) is 118 cm³/mol. The van der Waals surface area contributed by atoms with Gasteiger partial charge in [-0.15, -0.1) is 0 Å². The summed E-state index contributed by atoms with van der Waals surface area (Å²) in [7, 11) is 0. The predicted octanol–water partition coefficient (Wildman–Crippen LogP) is 2.96. The minimum Gasteiger partial charge on any atom is -0.315 e. The molecule has 1 heterocycles. The highest BCUT2D eigenvalue weighted by Crippen LogP contribution is 2.08. The summed E-state index contributed by atoms with van der Waals surface area (Å²) in [5, 5.41) is 7.13. The Morgan fingerprint density at radius 2 is 0.964 bits per heavy atom. The highest BCUT2D eigenvalue weighted by molar-refractivity contribution is 5.15. The highest BCUT2D eigenvalue weighted by atomic mass is 15.2. The van der Waals surface area contributed by atoms with Crippen LogP contribution in [-0.2, 0) is 13.1 Å². The molecule has 0 saturated carbocycles. The van der Waals surface area contributed by atoms with E-state index in [4.69, 9.17) is 0 Å². The van der Waals surface area contributed by atoms with Gasteiger partial charge in [-0.3, -0.25) is 9.80 Å². The molecular formula is C24H36N4. The number of benzene rings is 2. The van der Waals surface area contributed by atoms with Gasteiger partial charge < -0.3 is 10.6 Å². The second kappa shape index (κ2) is 12.7. The van der Waals surface area contributed by atoms with Crippen molar-refractivity contribution in [1.29, 1.82) is 0 Å². The molecule has 1 aliphatic rings. The van der Waals surface area contributed by atoms with Gasteiger partial charge >= 0.3 is 0 Å². The van der Waals surface area contributed by atoms with E-state index in [9.17, 15) is 0 Å². The van der Waals surface area contributed by atoms with E-state index in [-0.39, 0.29) is 0 Å². The Labute approximate surface area is 170 Å². The third-order valence-corrected chi connectivity index (χ3v) is 5.36. The van der Waals surface area contributed by atoms with Gasteiger partial charge in [-0.05, 0) is 50.1 Å². The van der Waals surface area contributed by atoms with Gasteiger partial charge in [0.15, 0.2) is 0 Å². The Bertz CT molecular complexity index is 574. The first-order valence-corrected chi connectivity index (χ1v) is 10.8. The van der Waals surface area contributed by atoms with Crippen molar-refractivity contribution >= 4 is 0 Å². The molecule has 2 N–H and O–H groups in total. The molecule has 2 aromatic rings. The van der Waals surface area contributed by atoms with Gasteiger partial charge in [0.25, 0.3) is 0 Å². The Morgan fingerprint density at radius 1 is 0.536 bits per heavy atom. The van der Waals surface area contributed by atoms with Crippen molar-refractivity contribution in [2.45, 2.75) is 25.9 Å². The van der Waals surface area contributed by atoms with Gasteiger partial charge in [0.1, 0.15) is 0 Å². The summed E-state index contributed by atoms with van der Waals surface area (Å²) >= 11 is 0. The fourth-order valence-electron chi connectivity index (χ4n) is 3.79. The molecule has 4 nitrogen and oxygen atoms in total. The van der Waals surface area contributed by atoms with Crippen LogP contribution in [0.1, 0.15) is 24.0 Å². The largest absolute Gasteiger partial charge is 0.315 e. The second-order valence-electron chi connectivity index (χ2n) is 7.73. The molecule has 0 atom stereocenters. The Balaban J connectivity index is 1.61. The van der Waals surface area contributed by atoms with Gasteiger partial charge in [0, 0.05) is 39.3 Å². The Hall–Kier alpha value is -1.72. The van der Waals surface area contributed by atoms with Gasteiger partial charge in [-0.1, -0.05) is 60.7 Å². The fourth-order valence-corrected chi connectivity index (χ4v) is 3.79. The second-order valence-corrected chi connectivity index (χ2v) is 7.73. The monoisotopic (exact) mass is 380 g/mol. The van der Waals surface area contributed by atoms with E-state index in [0.717, 1.165) is 65.4 Å². The van der Waals surface area contributed by atoms with Crippen molar-refractivity contribution in [3.05, 3.63) is 71.8 Å². The van der Waals surface area contributed by atoms with Crippen molar-refractivity contribution in [1.82, 2.24) is 20.4 Å². The van der Waals surface area contributed by atoms with Crippen LogP contribution >= 0.6 is 0 Å². The average molecular weight is 381 g/mol. The first-order chi connectivity index (χ1) is 13.9. The van der Waals surface area contributed by atoms with Gasteiger partial charge in [-0.25, -0.2) is 0 Å². The maximum Gasteiger partial charge on any atom is 0.0234 e. The zero-order valence-electron chi connectivity index (χ0n) is 17.2. The first kappa shape index (κ1) is 21.0. The molecule has 0 aliphatic carbocycles.